The Morgan fingerprint density at radius 2 is 1.83 bits per heavy atom. The maximum Gasteiger partial charge on any atom is 0.0226 e. The second-order valence-corrected chi connectivity index (χ2v) is 6.75. The molecule has 0 aromatic rings. The minimum atomic E-state index is 0.805. The van der Waals surface area contributed by atoms with Crippen LogP contribution in [0.4, 0.5) is 0 Å². The zero-order valence-corrected chi connectivity index (χ0v) is 12.0. The van der Waals surface area contributed by atoms with Crippen molar-refractivity contribution in [3.05, 3.63) is 0 Å². The first-order valence-corrected chi connectivity index (χ1v) is 8.36. The van der Waals surface area contributed by atoms with Crippen molar-refractivity contribution in [3.8, 4) is 0 Å². The van der Waals surface area contributed by atoms with Crippen LogP contribution in [0.2, 0.25) is 0 Å². The summed E-state index contributed by atoms with van der Waals surface area (Å²) in [4.78, 5) is 2.79. The Balaban J connectivity index is 1.56. The lowest BCUT2D eigenvalue weighted by Gasteiger charge is -2.36. The summed E-state index contributed by atoms with van der Waals surface area (Å²) in [5, 5.41) is 3.82. The van der Waals surface area contributed by atoms with Gasteiger partial charge in [-0.2, -0.15) is 0 Å². The summed E-state index contributed by atoms with van der Waals surface area (Å²) in [6.45, 7) is 6.23. The van der Waals surface area contributed by atoms with Crippen LogP contribution >= 0.6 is 0 Å². The third kappa shape index (κ3) is 2.60. The summed E-state index contributed by atoms with van der Waals surface area (Å²) < 4.78 is 0. The predicted molar refractivity (Wildman–Crippen MR) is 76.7 cm³/mol. The van der Waals surface area contributed by atoms with Crippen LogP contribution in [-0.4, -0.2) is 36.6 Å². The summed E-state index contributed by atoms with van der Waals surface area (Å²) in [5.41, 5.74) is 0. The number of hydrogen-bond acceptors (Lipinski definition) is 2. The SMILES string of the molecule is CCN(CC1NCC2CCCC21)C1CCCCC1. The molecule has 3 aliphatic rings. The summed E-state index contributed by atoms with van der Waals surface area (Å²) >= 11 is 0. The van der Waals surface area contributed by atoms with E-state index in [2.05, 4.69) is 17.1 Å². The van der Waals surface area contributed by atoms with Crippen molar-refractivity contribution in [3.63, 3.8) is 0 Å². The Hall–Kier alpha value is -0.0800. The van der Waals surface area contributed by atoms with E-state index >= 15 is 0 Å². The Morgan fingerprint density at radius 3 is 2.61 bits per heavy atom. The van der Waals surface area contributed by atoms with Gasteiger partial charge in [-0.25, -0.2) is 0 Å². The third-order valence-corrected chi connectivity index (χ3v) is 5.81. The number of likely N-dealkylation sites (N-methyl/N-ethyl adjacent to an activating group) is 1. The number of nitrogens with zero attached hydrogens (tertiary/aromatic N) is 1. The lowest BCUT2D eigenvalue weighted by atomic mass is 9.91. The van der Waals surface area contributed by atoms with Gasteiger partial charge < -0.3 is 5.32 Å². The molecular weight excluding hydrogens is 220 g/mol. The van der Waals surface area contributed by atoms with Gasteiger partial charge in [-0.1, -0.05) is 32.6 Å². The molecule has 2 aliphatic carbocycles. The quantitative estimate of drug-likeness (QED) is 0.825. The summed E-state index contributed by atoms with van der Waals surface area (Å²) in [6, 6.07) is 1.70. The van der Waals surface area contributed by atoms with Gasteiger partial charge in [0.2, 0.25) is 0 Å². The van der Waals surface area contributed by atoms with Crippen LogP contribution in [0, 0.1) is 11.8 Å². The molecule has 104 valence electrons. The lowest BCUT2D eigenvalue weighted by Crippen LogP contribution is -2.46. The van der Waals surface area contributed by atoms with Crippen LogP contribution in [0.5, 0.6) is 0 Å². The van der Waals surface area contributed by atoms with Gasteiger partial charge in [0.15, 0.2) is 0 Å². The van der Waals surface area contributed by atoms with Gasteiger partial charge in [0.1, 0.15) is 0 Å². The molecule has 3 unspecified atom stereocenters. The fourth-order valence-electron chi connectivity index (χ4n) is 4.74. The van der Waals surface area contributed by atoms with E-state index in [1.807, 2.05) is 0 Å². The van der Waals surface area contributed by atoms with Crippen LogP contribution in [-0.2, 0) is 0 Å². The van der Waals surface area contributed by atoms with Crippen LogP contribution < -0.4 is 5.32 Å². The van der Waals surface area contributed by atoms with Crippen molar-refractivity contribution < 1.29 is 0 Å². The highest BCUT2D eigenvalue weighted by Crippen LogP contribution is 2.38. The van der Waals surface area contributed by atoms with E-state index < -0.39 is 0 Å². The molecule has 0 spiro atoms. The normalized spacial score (nSPS) is 37.3. The van der Waals surface area contributed by atoms with E-state index in [-0.39, 0.29) is 0 Å². The second-order valence-electron chi connectivity index (χ2n) is 6.75. The molecule has 1 N–H and O–H groups in total. The van der Waals surface area contributed by atoms with Crippen LogP contribution in [0.1, 0.15) is 58.3 Å². The van der Waals surface area contributed by atoms with E-state index in [1.165, 1.54) is 71.0 Å². The summed E-state index contributed by atoms with van der Waals surface area (Å²) in [5.74, 6) is 2.02. The number of nitrogens with one attached hydrogen (secondary N) is 1. The van der Waals surface area contributed by atoms with Gasteiger partial charge in [0.25, 0.3) is 0 Å². The Bertz CT molecular complexity index is 260. The molecule has 2 heteroatoms. The van der Waals surface area contributed by atoms with E-state index in [0.717, 1.165) is 23.9 Å². The Labute approximate surface area is 113 Å². The van der Waals surface area contributed by atoms with Gasteiger partial charge in [-0.15, -0.1) is 0 Å². The average Bonchev–Trinajstić information content (AvgIpc) is 3.01. The summed E-state index contributed by atoms with van der Waals surface area (Å²) in [7, 11) is 0. The fourth-order valence-corrected chi connectivity index (χ4v) is 4.74. The molecular formula is C16H30N2. The van der Waals surface area contributed by atoms with Crippen molar-refractivity contribution in [1.82, 2.24) is 10.2 Å². The highest BCUT2D eigenvalue weighted by atomic mass is 15.2. The van der Waals surface area contributed by atoms with Gasteiger partial charge in [-0.05, 0) is 50.6 Å². The average molecular weight is 250 g/mol. The van der Waals surface area contributed by atoms with Gasteiger partial charge in [-0.3, -0.25) is 4.90 Å². The number of hydrogen-bond donors (Lipinski definition) is 1. The van der Waals surface area contributed by atoms with E-state index in [4.69, 9.17) is 0 Å². The van der Waals surface area contributed by atoms with Crippen LogP contribution in [0.3, 0.4) is 0 Å². The Kier molecular flexibility index (Phi) is 4.25. The maximum atomic E-state index is 3.82. The molecule has 3 fully saturated rings. The molecule has 0 radical (unpaired) electrons. The molecule has 3 atom stereocenters. The number of rotatable bonds is 4. The molecule has 18 heavy (non-hydrogen) atoms. The van der Waals surface area contributed by atoms with Crippen molar-refractivity contribution in [2.75, 3.05) is 19.6 Å². The minimum absolute atomic E-state index is 0.805. The van der Waals surface area contributed by atoms with Crippen LogP contribution in [0.15, 0.2) is 0 Å². The molecule has 1 heterocycles. The van der Waals surface area contributed by atoms with Crippen LogP contribution in [0.25, 0.3) is 0 Å². The molecule has 0 amide bonds. The summed E-state index contributed by atoms with van der Waals surface area (Å²) in [6.07, 6.45) is 11.8. The number of fused-ring (bicyclic) bond motifs is 1. The monoisotopic (exact) mass is 250 g/mol. The molecule has 0 aromatic carbocycles. The smallest absolute Gasteiger partial charge is 0.0226 e. The molecule has 2 saturated carbocycles. The molecule has 3 rings (SSSR count). The zero-order valence-electron chi connectivity index (χ0n) is 12.0. The minimum Gasteiger partial charge on any atom is -0.312 e. The second kappa shape index (κ2) is 5.92. The predicted octanol–water partition coefficient (Wildman–Crippen LogP) is 3.03. The molecule has 1 aliphatic heterocycles. The highest BCUT2D eigenvalue weighted by molar-refractivity contribution is 4.96. The van der Waals surface area contributed by atoms with E-state index in [1.54, 1.807) is 0 Å². The van der Waals surface area contributed by atoms with Gasteiger partial charge in [0.05, 0.1) is 0 Å². The first-order chi connectivity index (χ1) is 8.88. The lowest BCUT2D eigenvalue weighted by molar-refractivity contribution is 0.141. The molecule has 0 bridgehead atoms. The molecule has 1 saturated heterocycles. The van der Waals surface area contributed by atoms with Crippen molar-refractivity contribution >= 4 is 0 Å². The van der Waals surface area contributed by atoms with Gasteiger partial charge in [0, 0.05) is 18.6 Å². The third-order valence-electron chi connectivity index (χ3n) is 5.81. The highest BCUT2D eigenvalue weighted by Gasteiger charge is 2.39. The van der Waals surface area contributed by atoms with Crippen molar-refractivity contribution in [2.24, 2.45) is 11.8 Å². The Morgan fingerprint density at radius 1 is 1.00 bits per heavy atom. The van der Waals surface area contributed by atoms with Gasteiger partial charge >= 0.3 is 0 Å². The first-order valence-electron chi connectivity index (χ1n) is 8.36. The van der Waals surface area contributed by atoms with E-state index in [0.29, 0.717) is 0 Å². The largest absolute Gasteiger partial charge is 0.312 e. The fraction of sp³-hybridized carbons (Fsp3) is 1.00. The van der Waals surface area contributed by atoms with Crippen molar-refractivity contribution in [2.45, 2.75) is 70.4 Å². The topological polar surface area (TPSA) is 15.3 Å². The molecule has 2 nitrogen and oxygen atoms in total. The maximum absolute atomic E-state index is 3.82. The van der Waals surface area contributed by atoms with E-state index in [9.17, 15) is 0 Å². The van der Waals surface area contributed by atoms with Crippen molar-refractivity contribution in [1.29, 1.82) is 0 Å². The molecule has 0 aromatic heterocycles. The standard InChI is InChI=1S/C16H30N2/c1-2-18(14-8-4-3-5-9-14)12-16-15-10-6-7-13(15)11-17-16/h13-17H,2-12H2,1H3. The first kappa shape index (κ1) is 12.9. The zero-order chi connectivity index (χ0) is 12.4.